The third-order valence-electron chi connectivity index (χ3n) is 1.14. The first-order valence-corrected chi connectivity index (χ1v) is 4.22. The maximum Gasteiger partial charge on any atom is 0.257 e. The largest absolute Gasteiger partial charge is 0.257 e. The van der Waals surface area contributed by atoms with Crippen molar-refractivity contribution in [2.24, 2.45) is 0 Å². The zero-order valence-electron chi connectivity index (χ0n) is 5.92. The molecule has 0 bridgehead atoms. The summed E-state index contributed by atoms with van der Waals surface area (Å²) in [4.78, 5) is 0. The normalized spacial score (nSPS) is 10.9. The van der Waals surface area contributed by atoms with E-state index in [2.05, 4.69) is 11.3 Å². The summed E-state index contributed by atoms with van der Waals surface area (Å²) in [6.07, 6.45) is 1.97. The molecule has 0 aliphatic rings. The number of thioether (sulfide) groups is 1. The van der Waals surface area contributed by atoms with Crippen LogP contribution in [-0.4, -0.2) is 22.5 Å². The summed E-state index contributed by atoms with van der Waals surface area (Å²) in [5.41, 5.74) is 0. The molecule has 1 aromatic heterocycles. The summed E-state index contributed by atoms with van der Waals surface area (Å²) >= 11 is 1.38. The molecular formula is C6H7F2N2S. The molecular weight excluding hydrogens is 170 g/mol. The molecule has 0 N–H and O–H groups in total. The van der Waals surface area contributed by atoms with Crippen molar-refractivity contribution in [2.45, 2.75) is 18.0 Å². The standard InChI is InChI=1S/C6H7F2N2S/c1-11-6-2-3-9-10(6)4-5(7)8/h2,5H,4H2,1H3. The van der Waals surface area contributed by atoms with E-state index in [4.69, 9.17) is 0 Å². The van der Waals surface area contributed by atoms with Gasteiger partial charge in [-0.3, -0.25) is 4.68 Å². The molecule has 5 heteroatoms. The van der Waals surface area contributed by atoms with Crippen LogP contribution in [0.1, 0.15) is 0 Å². The first-order valence-electron chi connectivity index (χ1n) is 3.00. The van der Waals surface area contributed by atoms with Gasteiger partial charge in [0.15, 0.2) is 0 Å². The van der Waals surface area contributed by atoms with Crippen molar-refractivity contribution in [3.05, 3.63) is 12.3 Å². The number of alkyl halides is 2. The summed E-state index contributed by atoms with van der Waals surface area (Å²) in [6, 6.07) is 1.59. The van der Waals surface area contributed by atoms with Crippen molar-refractivity contribution in [3.63, 3.8) is 0 Å². The second kappa shape index (κ2) is 3.71. The Morgan fingerprint density at radius 3 is 3.09 bits per heavy atom. The van der Waals surface area contributed by atoms with Gasteiger partial charge in [0.25, 0.3) is 6.43 Å². The van der Waals surface area contributed by atoms with Gasteiger partial charge in [0.1, 0.15) is 12.7 Å². The van der Waals surface area contributed by atoms with Crippen LogP contribution in [0.4, 0.5) is 8.78 Å². The summed E-state index contributed by atoms with van der Waals surface area (Å²) in [7, 11) is 0. The van der Waals surface area contributed by atoms with Crippen molar-refractivity contribution in [3.8, 4) is 0 Å². The fourth-order valence-electron chi connectivity index (χ4n) is 0.703. The summed E-state index contributed by atoms with van der Waals surface area (Å²) < 4.78 is 24.9. The van der Waals surface area contributed by atoms with Crippen molar-refractivity contribution in [1.82, 2.24) is 9.78 Å². The third kappa shape index (κ3) is 2.18. The predicted molar refractivity (Wildman–Crippen MR) is 38.8 cm³/mol. The highest BCUT2D eigenvalue weighted by Crippen LogP contribution is 2.13. The van der Waals surface area contributed by atoms with Crippen molar-refractivity contribution < 1.29 is 8.78 Å². The van der Waals surface area contributed by atoms with Gasteiger partial charge < -0.3 is 0 Å². The summed E-state index contributed by atoms with van der Waals surface area (Å²) in [5, 5.41) is 4.33. The SMILES string of the molecule is CSc1c[c]nn1CC(F)F. The van der Waals surface area contributed by atoms with E-state index in [0.29, 0.717) is 5.03 Å². The fraction of sp³-hybridized carbons (Fsp3) is 0.500. The Balaban J connectivity index is 2.68. The van der Waals surface area contributed by atoms with Gasteiger partial charge in [0, 0.05) is 0 Å². The predicted octanol–water partition coefficient (Wildman–Crippen LogP) is 1.67. The smallest absolute Gasteiger partial charge is 0.253 e. The van der Waals surface area contributed by atoms with Crippen LogP contribution < -0.4 is 0 Å². The van der Waals surface area contributed by atoms with Gasteiger partial charge in [-0.05, 0) is 12.3 Å². The molecule has 0 spiro atoms. The van der Waals surface area contributed by atoms with Gasteiger partial charge in [0.2, 0.25) is 0 Å². The van der Waals surface area contributed by atoms with Crippen molar-refractivity contribution in [1.29, 1.82) is 0 Å². The molecule has 0 unspecified atom stereocenters. The molecule has 1 radical (unpaired) electrons. The van der Waals surface area contributed by atoms with Gasteiger partial charge in [-0.15, -0.1) is 11.8 Å². The van der Waals surface area contributed by atoms with Crippen molar-refractivity contribution in [2.75, 3.05) is 6.26 Å². The van der Waals surface area contributed by atoms with Crippen LogP contribution in [0, 0.1) is 6.20 Å². The van der Waals surface area contributed by atoms with E-state index < -0.39 is 6.43 Å². The Morgan fingerprint density at radius 1 is 1.82 bits per heavy atom. The van der Waals surface area contributed by atoms with Crippen LogP contribution >= 0.6 is 11.8 Å². The quantitative estimate of drug-likeness (QED) is 0.653. The van der Waals surface area contributed by atoms with E-state index in [0.717, 1.165) is 0 Å². The van der Waals surface area contributed by atoms with Gasteiger partial charge in [0.05, 0.1) is 5.03 Å². The lowest BCUT2D eigenvalue weighted by atomic mass is 10.7. The van der Waals surface area contributed by atoms with Gasteiger partial charge in [-0.25, -0.2) is 8.78 Å². The molecule has 0 fully saturated rings. The van der Waals surface area contributed by atoms with Crippen LogP contribution in [-0.2, 0) is 6.54 Å². The van der Waals surface area contributed by atoms with Gasteiger partial charge >= 0.3 is 0 Å². The summed E-state index contributed by atoms with van der Waals surface area (Å²) in [6.45, 7) is -0.348. The molecule has 1 rings (SSSR count). The monoisotopic (exact) mass is 177 g/mol. The highest BCUT2D eigenvalue weighted by Gasteiger charge is 2.07. The molecule has 1 heterocycles. The van der Waals surface area contributed by atoms with Gasteiger partial charge in [-0.1, -0.05) is 0 Å². The molecule has 0 saturated carbocycles. The maximum absolute atomic E-state index is 11.8. The molecule has 2 nitrogen and oxygen atoms in total. The molecule has 0 saturated heterocycles. The van der Waals surface area contributed by atoms with E-state index in [9.17, 15) is 8.78 Å². The highest BCUT2D eigenvalue weighted by atomic mass is 32.2. The minimum absolute atomic E-state index is 0.348. The zero-order chi connectivity index (χ0) is 8.27. The number of rotatable bonds is 3. The Labute approximate surface area is 67.6 Å². The van der Waals surface area contributed by atoms with E-state index in [1.807, 2.05) is 6.26 Å². The zero-order valence-corrected chi connectivity index (χ0v) is 6.74. The fourth-order valence-corrected chi connectivity index (χ4v) is 1.20. The maximum atomic E-state index is 11.8. The molecule has 0 aromatic carbocycles. The van der Waals surface area contributed by atoms with Crippen LogP contribution in [0.25, 0.3) is 0 Å². The lowest BCUT2D eigenvalue weighted by Gasteiger charge is -2.02. The van der Waals surface area contributed by atoms with Gasteiger partial charge in [-0.2, -0.15) is 5.10 Å². The Kier molecular flexibility index (Phi) is 2.87. The lowest BCUT2D eigenvalue weighted by Crippen LogP contribution is -2.08. The number of hydrogen-bond acceptors (Lipinski definition) is 2. The average molecular weight is 177 g/mol. The van der Waals surface area contributed by atoms with Crippen LogP contribution in [0.2, 0.25) is 0 Å². The topological polar surface area (TPSA) is 17.8 Å². The summed E-state index contributed by atoms with van der Waals surface area (Å²) in [5.74, 6) is 0. The molecule has 1 aromatic rings. The second-order valence-electron chi connectivity index (χ2n) is 1.89. The van der Waals surface area contributed by atoms with E-state index in [1.54, 1.807) is 6.07 Å². The molecule has 0 aliphatic heterocycles. The van der Waals surface area contributed by atoms with E-state index >= 15 is 0 Å². The number of nitrogens with zero attached hydrogens (tertiary/aromatic N) is 2. The highest BCUT2D eigenvalue weighted by molar-refractivity contribution is 7.98. The number of halogens is 2. The molecule has 0 amide bonds. The third-order valence-corrected chi connectivity index (χ3v) is 1.89. The first-order chi connectivity index (χ1) is 5.24. The van der Waals surface area contributed by atoms with Crippen molar-refractivity contribution >= 4 is 11.8 Å². The Bertz CT molecular complexity index is 224. The van der Waals surface area contributed by atoms with E-state index in [1.165, 1.54) is 16.4 Å². The van der Waals surface area contributed by atoms with Crippen LogP contribution in [0.15, 0.2) is 11.1 Å². The Morgan fingerprint density at radius 2 is 2.55 bits per heavy atom. The first kappa shape index (κ1) is 8.52. The second-order valence-corrected chi connectivity index (χ2v) is 2.72. The van der Waals surface area contributed by atoms with Crippen LogP contribution in [0.5, 0.6) is 0 Å². The Hall–Kier alpha value is -0.580. The molecule has 0 atom stereocenters. The number of hydrogen-bond donors (Lipinski definition) is 0. The number of aromatic nitrogens is 2. The molecule has 11 heavy (non-hydrogen) atoms. The lowest BCUT2D eigenvalue weighted by molar-refractivity contribution is 0.118. The minimum Gasteiger partial charge on any atom is -0.253 e. The van der Waals surface area contributed by atoms with E-state index in [-0.39, 0.29) is 6.54 Å². The molecule has 61 valence electrons. The average Bonchev–Trinajstić information content (AvgIpc) is 2.34. The molecule has 0 aliphatic carbocycles. The minimum atomic E-state index is -2.35. The van der Waals surface area contributed by atoms with Crippen LogP contribution in [0.3, 0.4) is 0 Å².